The molecule has 3 heterocycles. The van der Waals surface area contributed by atoms with Gasteiger partial charge in [-0.15, -0.1) is 0 Å². The summed E-state index contributed by atoms with van der Waals surface area (Å²) in [4.78, 5) is 6.61. The number of nitrogens with zero attached hydrogens (tertiary/aromatic N) is 3. The van der Waals surface area contributed by atoms with Gasteiger partial charge in [-0.1, -0.05) is 17.7 Å². The van der Waals surface area contributed by atoms with E-state index < -0.39 is 5.82 Å². The van der Waals surface area contributed by atoms with Gasteiger partial charge in [-0.2, -0.15) is 0 Å². The Bertz CT molecular complexity index is 1380. The summed E-state index contributed by atoms with van der Waals surface area (Å²) in [5.74, 6) is 0.843. The molecule has 1 fully saturated rings. The molecule has 0 spiro atoms. The Labute approximate surface area is 212 Å². The highest BCUT2D eigenvalue weighted by atomic mass is 35.5. The number of ether oxygens (including phenoxy) is 2. The van der Waals surface area contributed by atoms with E-state index in [2.05, 4.69) is 10.3 Å². The zero-order valence-corrected chi connectivity index (χ0v) is 20.6. The fourth-order valence-corrected chi connectivity index (χ4v) is 4.92. The molecule has 2 aromatic carbocycles. The van der Waals surface area contributed by atoms with Crippen LogP contribution in [0.15, 0.2) is 79.1 Å². The second-order valence-electron chi connectivity index (χ2n) is 7.94. The molecule has 0 aliphatic carbocycles. The van der Waals surface area contributed by atoms with E-state index in [9.17, 15) is 4.39 Å². The van der Waals surface area contributed by atoms with Crippen LogP contribution < -0.4 is 19.7 Å². The standard InChI is InChI=1S/C26H22ClFN4O2S/c1-33-17-9-11-23(34-2)22(15-17)32-25(24(30-26(32)35)20-6-3-4-12-29-20)21-7-5-13-31(21)16-8-10-19(28)18(27)14-16/h3-15,24-25H,1-2H3,(H,30,35)/t24-,25-/m0/s1. The second-order valence-corrected chi connectivity index (χ2v) is 8.73. The van der Waals surface area contributed by atoms with Crippen LogP contribution in [0.4, 0.5) is 10.1 Å². The lowest BCUT2D eigenvalue weighted by atomic mass is 10.0. The fourth-order valence-electron chi connectivity index (χ4n) is 4.41. The van der Waals surface area contributed by atoms with Crippen LogP contribution in [-0.2, 0) is 0 Å². The quantitative estimate of drug-likeness (QED) is 0.329. The van der Waals surface area contributed by atoms with Gasteiger partial charge < -0.3 is 24.3 Å². The van der Waals surface area contributed by atoms with Gasteiger partial charge in [0, 0.05) is 29.8 Å². The van der Waals surface area contributed by atoms with Crippen molar-refractivity contribution in [1.82, 2.24) is 14.9 Å². The largest absolute Gasteiger partial charge is 0.497 e. The van der Waals surface area contributed by atoms with Crippen molar-refractivity contribution < 1.29 is 13.9 Å². The Morgan fingerprint density at radius 2 is 1.89 bits per heavy atom. The molecule has 0 amide bonds. The number of nitrogens with one attached hydrogen (secondary N) is 1. The summed E-state index contributed by atoms with van der Waals surface area (Å²) in [5.41, 5.74) is 3.21. The fraction of sp³-hybridized carbons (Fsp3) is 0.154. The summed E-state index contributed by atoms with van der Waals surface area (Å²) in [6, 6.07) is 19.4. The molecule has 2 aromatic heterocycles. The number of benzene rings is 2. The van der Waals surface area contributed by atoms with Crippen LogP contribution in [0.2, 0.25) is 5.02 Å². The van der Waals surface area contributed by atoms with E-state index >= 15 is 0 Å². The number of pyridine rings is 1. The van der Waals surface area contributed by atoms with Crippen LogP contribution in [-0.4, -0.2) is 28.9 Å². The summed E-state index contributed by atoms with van der Waals surface area (Å²) in [6.07, 6.45) is 3.67. The lowest BCUT2D eigenvalue weighted by molar-refractivity contribution is 0.402. The minimum Gasteiger partial charge on any atom is -0.497 e. The number of anilines is 1. The Morgan fingerprint density at radius 1 is 1.03 bits per heavy atom. The van der Waals surface area contributed by atoms with Crippen LogP contribution in [0, 0.1) is 5.82 Å². The van der Waals surface area contributed by atoms with Gasteiger partial charge >= 0.3 is 0 Å². The summed E-state index contributed by atoms with van der Waals surface area (Å²) in [6.45, 7) is 0. The average Bonchev–Trinajstić information content (AvgIpc) is 3.50. The maximum absolute atomic E-state index is 13.9. The SMILES string of the molecule is COc1ccc(OC)c(N2C(=S)N[C@@H](c3ccccn3)[C@@H]2c2cccn2-c2ccc(F)c(Cl)c2)c1. The first-order chi connectivity index (χ1) is 17.0. The van der Waals surface area contributed by atoms with E-state index in [1.807, 2.05) is 64.2 Å². The summed E-state index contributed by atoms with van der Waals surface area (Å²) >= 11 is 12.0. The van der Waals surface area contributed by atoms with Crippen molar-refractivity contribution >= 4 is 34.6 Å². The highest BCUT2D eigenvalue weighted by Gasteiger charge is 2.43. The number of thiocarbonyl (C=S) groups is 1. The summed E-state index contributed by atoms with van der Waals surface area (Å²) < 4.78 is 27.1. The zero-order valence-electron chi connectivity index (χ0n) is 19.0. The zero-order chi connectivity index (χ0) is 24.5. The minimum absolute atomic E-state index is 0.0508. The Hall–Kier alpha value is -3.62. The lowest BCUT2D eigenvalue weighted by Crippen LogP contribution is -2.30. The van der Waals surface area contributed by atoms with Crippen molar-refractivity contribution in [3.63, 3.8) is 0 Å². The third-order valence-corrected chi connectivity index (χ3v) is 6.61. The molecule has 6 nitrogen and oxygen atoms in total. The third kappa shape index (κ3) is 4.19. The number of halogens is 2. The first-order valence-corrected chi connectivity index (χ1v) is 11.7. The highest BCUT2D eigenvalue weighted by molar-refractivity contribution is 7.80. The molecule has 4 aromatic rings. The van der Waals surface area contributed by atoms with Gasteiger partial charge in [-0.25, -0.2) is 4.39 Å². The van der Waals surface area contributed by atoms with Crippen molar-refractivity contribution in [3.8, 4) is 17.2 Å². The molecule has 0 bridgehead atoms. The van der Waals surface area contributed by atoms with Gasteiger partial charge in [0.1, 0.15) is 23.4 Å². The predicted octanol–water partition coefficient (Wildman–Crippen LogP) is 5.86. The number of methoxy groups -OCH3 is 2. The topological polar surface area (TPSA) is 51.6 Å². The predicted molar refractivity (Wildman–Crippen MR) is 138 cm³/mol. The lowest BCUT2D eigenvalue weighted by Gasteiger charge is -2.30. The molecule has 9 heteroatoms. The second kappa shape index (κ2) is 9.56. The Balaban J connectivity index is 1.71. The van der Waals surface area contributed by atoms with E-state index in [4.69, 9.17) is 33.3 Å². The highest BCUT2D eigenvalue weighted by Crippen LogP contribution is 2.46. The molecular formula is C26H22ClFN4O2S. The van der Waals surface area contributed by atoms with Gasteiger partial charge in [0.05, 0.1) is 36.7 Å². The molecule has 0 unspecified atom stereocenters. The van der Waals surface area contributed by atoms with Crippen LogP contribution in [0.25, 0.3) is 5.69 Å². The molecule has 178 valence electrons. The van der Waals surface area contributed by atoms with E-state index in [1.165, 1.54) is 6.07 Å². The molecule has 0 radical (unpaired) electrons. The summed E-state index contributed by atoms with van der Waals surface area (Å²) in [5, 5.41) is 4.01. The molecule has 0 saturated carbocycles. The third-order valence-electron chi connectivity index (χ3n) is 6.01. The minimum atomic E-state index is -0.470. The molecule has 2 atom stereocenters. The van der Waals surface area contributed by atoms with Crippen molar-refractivity contribution in [2.24, 2.45) is 0 Å². The van der Waals surface area contributed by atoms with Crippen molar-refractivity contribution in [2.75, 3.05) is 19.1 Å². The van der Waals surface area contributed by atoms with Gasteiger partial charge in [0.2, 0.25) is 0 Å². The van der Waals surface area contributed by atoms with E-state index in [1.54, 1.807) is 32.5 Å². The molecule has 1 aliphatic heterocycles. The van der Waals surface area contributed by atoms with Crippen molar-refractivity contribution in [2.45, 2.75) is 12.1 Å². The van der Waals surface area contributed by atoms with E-state index in [0.717, 1.165) is 22.8 Å². The van der Waals surface area contributed by atoms with Crippen LogP contribution in [0.5, 0.6) is 11.5 Å². The van der Waals surface area contributed by atoms with E-state index in [0.29, 0.717) is 16.6 Å². The molecule has 1 aliphatic rings. The van der Waals surface area contributed by atoms with Gasteiger partial charge in [-0.3, -0.25) is 4.98 Å². The first-order valence-electron chi connectivity index (χ1n) is 10.9. The monoisotopic (exact) mass is 508 g/mol. The maximum Gasteiger partial charge on any atom is 0.174 e. The Morgan fingerprint density at radius 3 is 2.60 bits per heavy atom. The van der Waals surface area contributed by atoms with Crippen LogP contribution >= 0.6 is 23.8 Å². The van der Waals surface area contributed by atoms with Crippen LogP contribution in [0.3, 0.4) is 0 Å². The molecule has 5 rings (SSSR count). The van der Waals surface area contributed by atoms with Crippen molar-refractivity contribution in [3.05, 3.63) is 101 Å². The molecule has 1 saturated heterocycles. The average molecular weight is 509 g/mol. The molecule has 35 heavy (non-hydrogen) atoms. The van der Waals surface area contributed by atoms with Gasteiger partial charge in [-0.05, 0) is 66.8 Å². The maximum atomic E-state index is 13.9. The van der Waals surface area contributed by atoms with E-state index in [-0.39, 0.29) is 17.1 Å². The first kappa shape index (κ1) is 23.1. The smallest absolute Gasteiger partial charge is 0.174 e. The molecular weight excluding hydrogens is 487 g/mol. The number of hydrogen-bond donors (Lipinski definition) is 1. The number of hydrogen-bond acceptors (Lipinski definition) is 4. The van der Waals surface area contributed by atoms with Gasteiger partial charge in [0.25, 0.3) is 0 Å². The van der Waals surface area contributed by atoms with Gasteiger partial charge in [0.15, 0.2) is 5.11 Å². The molecule has 1 N–H and O–H groups in total. The Kier molecular flexibility index (Phi) is 6.32. The van der Waals surface area contributed by atoms with Crippen LogP contribution in [0.1, 0.15) is 23.5 Å². The summed E-state index contributed by atoms with van der Waals surface area (Å²) in [7, 11) is 3.23. The normalized spacial score (nSPS) is 17.4. The van der Waals surface area contributed by atoms with Crippen molar-refractivity contribution in [1.29, 1.82) is 0 Å². The number of rotatable bonds is 6. The number of aromatic nitrogens is 2.